The second-order valence-corrected chi connectivity index (χ2v) is 8.76. The number of aryl methyl sites for hydroxylation is 2. The molecule has 0 aliphatic carbocycles. The molecule has 0 N–H and O–H groups in total. The average Bonchev–Trinajstić information content (AvgIpc) is 3.39. The molecule has 7 nitrogen and oxygen atoms in total. The molecule has 0 aliphatic heterocycles. The molecule has 4 aromatic rings. The summed E-state index contributed by atoms with van der Waals surface area (Å²) in [6.45, 7) is 5.61. The molecule has 4 rings (SSSR count). The van der Waals surface area contributed by atoms with E-state index in [2.05, 4.69) is 10.6 Å². The van der Waals surface area contributed by atoms with Crippen molar-refractivity contribution in [1.82, 2.24) is 4.57 Å². The van der Waals surface area contributed by atoms with E-state index < -0.39 is 11.6 Å². The van der Waals surface area contributed by atoms with E-state index in [0.29, 0.717) is 23.4 Å². The fourth-order valence-corrected chi connectivity index (χ4v) is 4.38. The van der Waals surface area contributed by atoms with Crippen molar-refractivity contribution in [2.45, 2.75) is 27.3 Å². The monoisotopic (exact) mass is 465 g/mol. The van der Waals surface area contributed by atoms with Gasteiger partial charge in [0.1, 0.15) is 11.3 Å². The number of benzene rings is 1. The molecule has 1 aromatic carbocycles. The lowest BCUT2D eigenvalue weighted by atomic mass is 10.1. The first kappa shape index (κ1) is 22.5. The number of ether oxygens (including phenoxy) is 2. The lowest BCUT2D eigenvalue weighted by molar-refractivity contribution is -0.144. The van der Waals surface area contributed by atoms with E-state index in [1.165, 1.54) is 10.9 Å². The third-order valence-corrected chi connectivity index (χ3v) is 6.27. The lowest BCUT2D eigenvalue weighted by Gasteiger charge is -2.09. The zero-order valence-electron chi connectivity index (χ0n) is 18.5. The molecular weight excluding hydrogens is 442 g/mol. The summed E-state index contributed by atoms with van der Waals surface area (Å²) < 4.78 is 17.8. The van der Waals surface area contributed by atoms with Crippen LogP contribution in [0, 0.1) is 20.8 Å². The van der Waals surface area contributed by atoms with Crippen molar-refractivity contribution in [1.29, 1.82) is 0 Å². The summed E-state index contributed by atoms with van der Waals surface area (Å²) in [6, 6.07) is 12.3. The summed E-state index contributed by atoms with van der Waals surface area (Å²) in [5.41, 5.74) is 3.06. The van der Waals surface area contributed by atoms with Gasteiger partial charge >= 0.3 is 11.6 Å². The Hall–Kier alpha value is -3.65. The minimum absolute atomic E-state index is 0.267. The quantitative estimate of drug-likeness (QED) is 0.217. The Morgan fingerprint density at radius 1 is 1.06 bits per heavy atom. The van der Waals surface area contributed by atoms with Crippen molar-refractivity contribution < 1.29 is 23.5 Å². The predicted molar refractivity (Wildman–Crippen MR) is 125 cm³/mol. The maximum absolute atomic E-state index is 12.7. The maximum atomic E-state index is 12.7. The van der Waals surface area contributed by atoms with Crippen LogP contribution in [0.15, 0.2) is 57.1 Å². The van der Waals surface area contributed by atoms with Crippen LogP contribution in [-0.2, 0) is 16.1 Å². The normalized spacial score (nSPS) is 11.0. The van der Waals surface area contributed by atoms with Gasteiger partial charge in [-0.05, 0) is 56.0 Å². The minimum Gasteiger partial charge on any atom is -0.482 e. The number of hydrogen-bond acceptors (Lipinski definition) is 7. The minimum atomic E-state index is -0.665. The molecule has 0 unspecified atom stereocenters. The number of fused-ring (bicyclic) bond motifs is 1. The fourth-order valence-electron chi connectivity index (χ4n) is 3.69. The van der Waals surface area contributed by atoms with E-state index in [4.69, 9.17) is 13.9 Å². The number of rotatable bonds is 8. The van der Waals surface area contributed by atoms with Crippen molar-refractivity contribution in [3.8, 4) is 5.75 Å². The van der Waals surface area contributed by atoms with Crippen molar-refractivity contribution in [3.05, 3.63) is 85.7 Å². The largest absolute Gasteiger partial charge is 0.482 e. The first-order valence-electron chi connectivity index (χ1n) is 10.4. The highest BCUT2D eigenvalue weighted by atomic mass is 32.1. The van der Waals surface area contributed by atoms with E-state index in [9.17, 15) is 14.4 Å². The standard InChI is InChI=1S/C25H23NO6S/c1-15-9-24(28)32-23-11-18(6-7-20(15)23)30-14-25(29)31-13-22(27)21-10-16(2)26(17(21)3)12-19-5-4-8-33-19/h4-11H,12-14H2,1-3H3. The third kappa shape index (κ3) is 5.06. The molecule has 0 fully saturated rings. The van der Waals surface area contributed by atoms with E-state index in [1.54, 1.807) is 29.5 Å². The molecular formula is C25H23NO6S. The second-order valence-electron chi connectivity index (χ2n) is 7.73. The van der Waals surface area contributed by atoms with Crippen LogP contribution >= 0.6 is 11.3 Å². The van der Waals surface area contributed by atoms with Gasteiger partial charge in [-0.1, -0.05) is 6.07 Å². The van der Waals surface area contributed by atoms with Gasteiger partial charge in [0.05, 0.1) is 6.54 Å². The van der Waals surface area contributed by atoms with Gasteiger partial charge in [0, 0.05) is 39.3 Å². The van der Waals surface area contributed by atoms with E-state index in [0.717, 1.165) is 22.3 Å². The summed E-state index contributed by atoms with van der Waals surface area (Å²) in [4.78, 5) is 37.5. The molecule has 0 radical (unpaired) electrons. The van der Waals surface area contributed by atoms with Crippen LogP contribution in [0.3, 0.4) is 0 Å². The number of Topliss-reactive ketones (excluding diaryl/α,β-unsaturated/α-hetero) is 1. The Labute approximate surface area is 194 Å². The van der Waals surface area contributed by atoms with E-state index >= 15 is 0 Å². The van der Waals surface area contributed by atoms with Gasteiger partial charge in [0.2, 0.25) is 5.78 Å². The van der Waals surface area contributed by atoms with Crippen LogP contribution in [0.5, 0.6) is 5.75 Å². The van der Waals surface area contributed by atoms with Crippen LogP contribution in [0.25, 0.3) is 11.0 Å². The SMILES string of the molecule is Cc1cc(=O)oc2cc(OCC(=O)OCC(=O)c3cc(C)n(Cc4cccs4)c3C)ccc12. The number of hydrogen-bond donors (Lipinski definition) is 0. The molecule has 0 atom stereocenters. The molecule has 0 saturated heterocycles. The van der Waals surface area contributed by atoms with Gasteiger partial charge in [-0.25, -0.2) is 9.59 Å². The van der Waals surface area contributed by atoms with Gasteiger partial charge < -0.3 is 18.5 Å². The Morgan fingerprint density at radius 3 is 2.64 bits per heavy atom. The van der Waals surface area contributed by atoms with Gasteiger partial charge in [0.15, 0.2) is 13.2 Å². The summed E-state index contributed by atoms with van der Waals surface area (Å²) in [6.07, 6.45) is 0. The van der Waals surface area contributed by atoms with Gasteiger partial charge in [-0.3, -0.25) is 4.79 Å². The molecule has 0 spiro atoms. The number of ketones is 1. The van der Waals surface area contributed by atoms with Crippen LogP contribution in [0.4, 0.5) is 0 Å². The smallest absolute Gasteiger partial charge is 0.344 e. The highest BCUT2D eigenvalue weighted by Crippen LogP contribution is 2.22. The average molecular weight is 466 g/mol. The molecule has 3 heterocycles. The molecule has 3 aromatic heterocycles. The first-order chi connectivity index (χ1) is 15.8. The summed E-state index contributed by atoms with van der Waals surface area (Å²) >= 11 is 1.66. The van der Waals surface area contributed by atoms with Gasteiger partial charge in [-0.15, -0.1) is 11.3 Å². The lowest BCUT2D eigenvalue weighted by Crippen LogP contribution is -2.20. The topological polar surface area (TPSA) is 87.7 Å². The Balaban J connectivity index is 1.34. The fraction of sp³-hybridized carbons (Fsp3) is 0.240. The number of esters is 1. The number of aromatic nitrogens is 1. The van der Waals surface area contributed by atoms with Crippen LogP contribution in [0.1, 0.15) is 32.2 Å². The number of carbonyl (C=O) groups excluding carboxylic acids is 2. The summed E-state index contributed by atoms with van der Waals surface area (Å²) in [7, 11) is 0. The number of carbonyl (C=O) groups is 2. The first-order valence-corrected chi connectivity index (χ1v) is 11.2. The summed E-state index contributed by atoms with van der Waals surface area (Å²) in [5, 5.41) is 2.80. The number of thiophene rings is 1. The van der Waals surface area contributed by atoms with Crippen LogP contribution in [0.2, 0.25) is 0 Å². The summed E-state index contributed by atoms with van der Waals surface area (Å²) in [5.74, 6) is -0.574. The molecule has 0 amide bonds. The zero-order valence-corrected chi connectivity index (χ0v) is 19.4. The Bertz CT molecular complexity index is 1380. The van der Waals surface area contributed by atoms with Crippen LogP contribution in [-0.4, -0.2) is 29.5 Å². The number of nitrogens with zero attached hydrogens (tertiary/aromatic N) is 1. The molecule has 0 bridgehead atoms. The Kier molecular flexibility index (Phi) is 6.46. The zero-order chi connectivity index (χ0) is 23.5. The molecule has 8 heteroatoms. The molecule has 170 valence electrons. The molecule has 33 heavy (non-hydrogen) atoms. The highest BCUT2D eigenvalue weighted by Gasteiger charge is 2.18. The van der Waals surface area contributed by atoms with E-state index in [-0.39, 0.29) is 19.0 Å². The molecule has 0 saturated carbocycles. The molecule has 0 aliphatic rings. The second kappa shape index (κ2) is 9.46. The third-order valence-electron chi connectivity index (χ3n) is 5.41. The van der Waals surface area contributed by atoms with Crippen molar-refractivity contribution in [2.24, 2.45) is 0 Å². The predicted octanol–water partition coefficient (Wildman–Crippen LogP) is 4.43. The Morgan fingerprint density at radius 2 is 1.88 bits per heavy atom. The van der Waals surface area contributed by atoms with Gasteiger partial charge in [0.25, 0.3) is 0 Å². The van der Waals surface area contributed by atoms with Crippen molar-refractivity contribution in [3.63, 3.8) is 0 Å². The van der Waals surface area contributed by atoms with Crippen molar-refractivity contribution in [2.75, 3.05) is 13.2 Å². The highest BCUT2D eigenvalue weighted by molar-refractivity contribution is 7.09. The van der Waals surface area contributed by atoms with Crippen LogP contribution < -0.4 is 10.4 Å². The maximum Gasteiger partial charge on any atom is 0.344 e. The van der Waals surface area contributed by atoms with E-state index in [1.807, 2.05) is 38.3 Å². The van der Waals surface area contributed by atoms with Crippen molar-refractivity contribution >= 4 is 34.1 Å². The van der Waals surface area contributed by atoms with Gasteiger partial charge in [-0.2, -0.15) is 0 Å².